The molecule has 0 fully saturated rings. The fraction of sp³-hybridized carbons (Fsp3) is 0.0714. The minimum atomic E-state index is -0.295. The van der Waals surface area contributed by atoms with Gasteiger partial charge in [-0.1, -0.05) is 6.07 Å². The standard InChI is InChI=1S/C14H10FNO/c1-10-2-5-13(8-14(10)15)17-12-6-3-11(9-16)4-7-12/h2-8H,1H3. The van der Waals surface area contributed by atoms with Crippen LogP contribution in [0.1, 0.15) is 11.1 Å². The fourth-order valence-corrected chi connectivity index (χ4v) is 1.37. The summed E-state index contributed by atoms with van der Waals surface area (Å²) in [4.78, 5) is 0. The highest BCUT2D eigenvalue weighted by atomic mass is 19.1. The lowest BCUT2D eigenvalue weighted by atomic mass is 10.2. The zero-order valence-corrected chi connectivity index (χ0v) is 9.27. The van der Waals surface area contributed by atoms with E-state index in [1.165, 1.54) is 6.07 Å². The molecule has 17 heavy (non-hydrogen) atoms. The highest BCUT2D eigenvalue weighted by molar-refractivity contribution is 5.38. The summed E-state index contributed by atoms with van der Waals surface area (Å²) in [6.07, 6.45) is 0. The molecule has 0 unspecified atom stereocenters. The van der Waals surface area contributed by atoms with E-state index in [2.05, 4.69) is 0 Å². The zero-order chi connectivity index (χ0) is 12.3. The van der Waals surface area contributed by atoms with Gasteiger partial charge in [-0.05, 0) is 42.8 Å². The molecule has 0 aliphatic heterocycles. The summed E-state index contributed by atoms with van der Waals surface area (Å²) >= 11 is 0. The van der Waals surface area contributed by atoms with Crippen molar-refractivity contribution in [3.05, 3.63) is 59.4 Å². The van der Waals surface area contributed by atoms with Crippen LogP contribution in [-0.2, 0) is 0 Å². The average Bonchev–Trinajstić information content (AvgIpc) is 2.35. The van der Waals surface area contributed by atoms with Gasteiger partial charge in [-0.25, -0.2) is 4.39 Å². The maximum absolute atomic E-state index is 13.3. The second-order valence-corrected chi connectivity index (χ2v) is 3.65. The Morgan fingerprint density at radius 1 is 1.06 bits per heavy atom. The molecule has 0 N–H and O–H groups in total. The lowest BCUT2D eigenvalue weighted by Crippen LogP contribution is -1.87. The largest absolute Gasteiger partial charge is 0.457 e. The van der Waals surface area contributed by atoms with Crippen molar-refractivity contribution in [2.45, 2.75) is 6.92 Å². The quantitative estimate of drug-likeness (QED) is 0.781. The Labute approximate surface area is 98.9 Å². The smallest absolute Gasteiger partial charge is 0.130 e. The minimum absolute atomic E-state index is 0.295. The topological polar surface area (TPSA) is 33.0 Å². The van der Waals surface area contributed by atoms with Crippen LogP contribution in [0, 0.1) is 24.1 Å². The van der Waals surface area contributed by atoms with Crippen molar-refractivity contribution in [3.63, 3.8) is 0 Å². The van der Waals surface area contributed by atoms with Crippen LogP contribution in [0.5, 0.6) is 11.5 Å². The molecule has 0 aromatic heterocycles. The van der Waals surface area contributed by atoms with E-state index in [-0.39, 0.29) is 5.82 Å². The number of rotatable bonds is 2. The average molecular weight is 227 g/mol. The van der Waals surface area contributed by atoms with Crippen LogP contribution in [-0.4, -0.2) is 0 Å². The van der Waals surface area contributed by atoms with Crippen LogP contribution < -0.4 is 4.74 Å². The molecule has 2 aromatic carbocycles. The van der Waals surface area contributed by atoms with Crippen LogP contribution in [0.2, 0.25) is 0 Å². The van der Waals surface area contributed by atoms with Crippen LogP contribution in [0.15, 0.2) is 42.5 Å². The molecule has 0 bridgehead atoms. The van der Waals surface area contributed by atoms with Crippen LogP contribution in [0.3, 0.4) is 0 Å². The van der Waals surface area contributed by atoms with E-state index in [9.17, 15) is 4.39 Å². The van der Waals surface area contributed by atoms with Crippen molar-refractivity contribution in [1.29, 1.82) is 5.26 Å². The number of nitriles is 1. The molecule has 0 spiro atoms. The lowest BCUT2D eigenvalue weighted by molar-refractivity contribution is 0.476. The van der Waals surface area contributed by atoms with E-state index in [1.54, 1.807) is 43.3 Å². The van der Waals surface area contributed by atoms with Crippen molar-refractivity contribution in [3.8, 4) is 17.6 Å². The van der Waals surface area contributed by atoms with Gasteiger partial charge >= 0.3 is 0 Å². The summed E-state index contributed by atoms with van der Waals surface area (Å²) in [5.74, 6) is 0.723. The SMILES string of the molecule is Cc1ccc(Oc2ccc(C#N)cc2)cc1F. The highest BCUT2D eigenvalue weighted by Gasteiger charge is 2.01. The first kappa shape index (κ1) is 11.2. The van der Waals surface area contributed by atoms with Gasteiger partial charge in [-0.3, -0.25) is 0 Å². The highest BCUT2D eigenvalue weighted by Crippen LogP contribution is 2.23. The van der Waals surface area contributed by atoms with Crippen molar-refractivity contribution >= 4 is 0 Å². The fourth-order valence-electron chi connectivity index (χ4n) is 1.37. The third-order valence-electron chi connectivity index (χ3n) is 2.36. The van der Waals surface area contributed by atoms with Gasteiger partial charge in [0.25, 0.3) is 0 Å². The first-order valence-corrected chi connectivity index (χ1v) is 5.13. The van der Waals surface area contributed by atoms with E-state index in [0.29, 0.717) is 22.6 Å². The molecule has 2 rings (SSSR count). The summed E-state index contributed by atoms with van der Waals surface area (Å²) < 4.78 is 18.7. The molecular formula is C14H10FNO. The molecule has 2 nitrogen and oxygen atoms in total. The van der Waals surface area contributed by atoms with E-state index in [1.807, 2.05) is 6.07 Å². The number of hydrogen-bond acceptors (Lipinski definition) is 2. The van der Waals surface area contributed by atoms with Crippen molar-refractivity contribution in [2.75, 3.05) is 0 Å². The second kappa shape index (κ2) is 4.67. The summed E-state index contributed by atoms with van der Waals surface area (Å²) in [6.45, 7) is 1.70. The third-order valence-corrected chi connectivity index (χ3v) is 2.36. The van der Waals surface area contributed by atoms with E-state index >= 15 is 0 Å². The van der Waals surface area contributed by atoms with E-state index in [0.717, 1.165) is 0 Å². The maximum atomic E-state index is 13.3. The van der Waals surface area contributed by atoms with Gasteiger partial charge < -0.3 is 4.74 Å². The third kappa shape index (κ3) is 2.61. The van der Waals surface area contributed by atoms with Gasteiger partial charge in [0.05, 0.1) is 11.6 Å². The predicted octanol–water partition coefficient (Wildman–Crippen LogP) is 3.80. The van der Waals surface area contributed by atoms with Crippen molar-refractivity contribution in [2.24, 2.45) is 0 Å². The molecule has 0 saturated carbocycles. The summed E-state index contributed by atoms with van der Waals surface area (Å²) in [5, 5.41) is 8.64. The number of hydrogen-bond donors (Lipinski definition) is 0. The van der Waals surface area contributed by atoms with Crippen LogP contribution >= 0.6 is 0 Å². The molecule has 0 heterocycles. The van der Waals surface area contributed by atoms with Gasteiger partial charge in [0, 0.05) is 6.07 Å². The van der Waals surface area contributed by atoms with Crippen LogP contribution in [0.4, 0.5) is 4.39 Å². The molecule has 0 aliphatic rings. The molecule has 3 heteroatoms. The van der Waals surface area contributed by atoms with Gasteiger partial charge in [0.15, 0.2) is 0 Å². The van der Waals surface area contributed by atoms with Crippen LogP contribution in [0.25, 0.3) is 0 Å². The summed E-state index contributed by atoms with van der Waals surface area (Å²) in [7, 11) is 0. The number of nitrogens with zero attached hydrogens (tertiary/aromatic N) is 1. The number of aryl methyl sites for hydroxylation is 1. The normalized spacial score (nSPS) is 9.71. The van der Waals surface area contributed by atoms with Crippen molar-refractivity contribution in [1.82, 2.24) is 0 Å². The number of benzene rings is 2. The Morgan fingerprint density at radius 2 is 1.71 bits per heavy atom. The summed E-state index contributed by atoms with van der Waals surface area (Å²) in [6, 6.07) is 13.4. The monoisotopic (exact) mass is 227 g/mol. The predicted molar refractivity (Wildman–Crippen MR) is 62.4 cm³/mol. The molecule has 2 aromatic rings. The Bertz CT molecular complexity index is 570. The molecule has 0 radical (unpaired) electrons. The Kier molecular flexibility index (Phi) is 3.06. The van der Waals surface area contributed by atoms with Gasteiger partial charge in [-0.2, -0.15) is 5.26 Å². The number of halogens is 1. The first-order valence-electron chi connectivity index (χ1n) is 5.13. The number of ether oxygens (including phenoxy) is 1. The van der Waals surface area contributed by atoms with Gasteiger partial charge in [-0.15, -0.1) is 0 Å². The van der Waals surface area contributed by atoms with Crippen molar-refractivity contribution < 1.29 is 9.13 Å². The maximum Gasteiger partial charge on any atom is 0.130 e. The Balaban J connectivity index is 2.20. The second-order valence-electron chi connectivity index (χ2n) is 3.65. The molecule has 0 aliphatic carbocycles. The summed E-state index contributed by atoms with van der Waals surface area (Å²) in [5.41, 5.74) is 1.14. The van der Waals surface area contributed by atoms with E-state index in [4.69, 9.17) is 10.00 Å². The van der Waals surface area contributed by atoms with E-state index < -0.39 is 0 Å². The Hall–Kier alpha value is -2.34. The Morgan fingerprint density at radius 3 is 2.29 bits per heavy atom. The van der Waals surface area contributed by atoms with Gasteiger partial charge in [0.2, 0.25) is 0 Å². The molecule has 0 saturated heterocycles. The lowest BCUT2D eigenvalue weighted by Gasteiger charge is -2.06. The molecule has 0 atom stereocenters. The molecule has 0 amide bonds. The molecule has 84 valence electrons. The zero-order valence-electron chi connectivity index (χ0n) is 9.27. The van der Waals surface area contributed by atoms with Gasteiger partial charge in [0.1, 0.15) is 17.3 Å². The molecular weight excluding hydrogens is 217 g/mol. The first-order chi connectivity index (χ1) is 8.19. The minimum Gasteiger partial charge on any atom is -0.457 e.